The molecule has 0 saturated carbocycles. The predicted octanol–water partition coefficient (Wildman–Crippen LogP) is 2.30. The zero-order valence-corrected chi connectivity index (χ0v) is 11.0. The third kappa shape index (κ3) is 2.59. The van der Waals surface area contributed by atoms with Gasteiger partial charge in [-0.15, -0.1) is 0 Å². The topological polar surface area (TPSA) is 29.9 Å². The lowest BCUT2D eigenvalue weighted by Crippen LogP contribution is -2.11. The number of benzene rings is 1. The molecule has 0 radical (unpaired) electrons. The molecule has 1 aromatic heterocycles. The van der Waals surface area contributed by atoms with Crippen molar-refractivity contribution in [1.82, 2.24) is 15.1 Å². The van der Waals surface area contributed by atoms with Crippen LogP contribution in [0.5, 0.6) is 0 Å². The Morgan fingerprint density at radius 1 is 1.39 bits per heavy atom. The van der Waals surface area contributed by atoms with Gasteiger partial charge in [0.15, 0.2) is 0 Å². The van der Waals surface area contributed by atoms with Gasteiger partial charge < -0.3 is 5.32 Å². The fourth-order valence-corrected chi connectivity index (χ4v) is 2.02. The van der Waals surface area contributed by atoms with Gasteiger partial charge in [0, 0.05) is 31.8 Å². The van der Waals surface area contributed by atoms with Crippen LogP contribution in [0.1, 0.15) is 11.3 Å². The number of halogens is 1. The summed E-state index contributed by atoms with van der Waals surface area (Å²) in [6.45, 7) is 2.66. The van der Waals surface area contributed by atoms with Gasteiger partial charge in [0.25, 0.3) is 0 Å². The van der Waals surface area contributed by atoms with Gasteiger partial charge in [-0.05, 0) is 37.2 Å². The van der Waals surface area contributed by atoms with Crippen LogP contribution >= 0.6 is 0 Å². The van der Waals surface area contributed by atoms with Crippen molar-refractivity contribution in [3.63, 3.8) is 0 Å². The Morgan fingerprint density at radius 3 is 2.83 bits per heavy atom. The van der Waals surface area contributed by atoms with E-state index in [1.165, 1.54) is 6.07 Å². The molecule has 0 aliphatic heterocycles. The first-order valence-electron chi connectivity index (χ1n) is 6.05. The highest BCUT2D eigenvalue weighted by atomic mass is 19.1. The van der Waals surface area contributed by atoms with E-state index >= 15 is 0 Å². The van der Waals surface area contributed by atoms with Crippen LogP contribution in [0.25, 0.3) is 11.1 Å². The third-order valence-electron chi connectivity index (χ3n) is 2.99. The summed E-state index contributed by atoms with van der Waals surface area (Å²) >= 11 is 0. The molecular weight excluding hydrogens is 229 g/mol. The maximum atomic E-state index is 13.3. The monoisotopic (exact) mass is 247 g/mol. The minimum Gasteiger partial charge on any atom is -0.319 e. The molecule has 0 amide bonds. The summed E-state index contributed by atoms with van der Waals surface area (Å²) in [5.41, 5.74) is 3.80. The van der Waals surface area contributed by atoms with Crippen LogP contribution in [0.15, 0.2) is 24.4 Å². The smallest absolute Gasteiger partial charge is 0.126 e. The fraction of sp³-hybridized carbons (Fsp3) is 0.357. The Morgan fingerprint density at radius 2 is 2.17 bits per heavy atom. The molecule has 4 heteroatoms. The average Bonchev–Trinajstić information content (AvgIpc) is 2.71. The molecule has 18 heavy (non-hydrogen) atoms. The number of hydrogen-bond donors (Lipinski definition) is 1. The largest absolute Gasteiger partial charge is 0.319 e. The normalized spacial score (nSPS) is 10.9. The predicted molar refractivity (Wildman–Crippen MR) is 71.0 cm³/mol. The highest BCUT2D eigenvalue weighted by Crippen LogP contribution is 2.25. The van der Waals surface area contributed by atoms with Gasteiger partial charge in [0.2, 0.25) is 0 Å². The summed E-state index contributed by atoms with van der Waals surface area (Å²) in [5.74, 6) is -0.167. The number of aryl methyl sites for hydroxylation is 2. The van der Waals surface area contributed by atoms with Crippen molar-refractivity contribution in [3.8, 4) is 11.1 Å². The lowest BCUT2D eigenvalue weighted by atomic mass is 10.0. The Balaban J connectivity index is 2.39. The molecule has 1 aromatic carbocycles. The molecule has 2 aromatic rings. The summed E-state index contributed by atoms with van der Waals surface area (Å²) in [7, 11) is 3.83. The van der Waals surface area contributed by atoms with Crippen LogP contribution < -0.4 is 5.32 Å². The molecular formula is C14H18FN3. The van der Waals surface area contributed by atoms with E-state index in [1.54, 1.807) is 11.6 Å². The Labute approximate surface area is 107 Å². The second-order valence-corrected chi connectivity index (χ2v) is 4.48. The molecule has 96 valence electrons. The lowest BCUT2D eigenvalue weighted by molar-refractivity contribution is 0.619. The van der Waals surface area contributed by atoms with Crippen LogP contribution in [0.3, 0.4) is 0 Å². The number of hydrogen-bond acceptors (Lipinski definition) is 2. The van der Waals surface area contributed by atoms with Crippen LogP contribution in [0.2, 0.25) is 0 Å². The van der Waals surface area contributed by atoms with Crippen molar-refractivity contribution in [3.05, 3.63) is 41.5 Å². The van der Waals surface area contributed by atoms with E-state index in [0.29, 0.717) is 5.56 Å². The van der Waals surface area contributed by atoms with Crippen molar-refractivity contribution < 1.29 is 4.39 Å². The average molecular weight is 247 g/mol. The Kier molecular flexibility index (Phi) is 3.77. The van der Waals surface area contributed by atoms with Crippen LogP contribution in [-0.4, -0.2) is 23.4 Å². The van der Waals surface area contributed by atoms with Gasteiger partial charge in [-0.25, -0.2) is 4.39 Å². The zero-order chi connectivity index (χ0) is 13.1. The number of rotatable bonds is 4. The highest BCUT2D eigenvalue weighted by Gasteiger charge is 2.10. The molecule has 1 N–H and O–H groups in total. The van der Waals surface area contributed by atoms with E-state index in [0.717, 1.165) is 29.8 Å². The van der Waals surface area contributed by atoms with Gasteiger partial charge in [0.1, 0.15) is 5.82 Å². The van der Waals surface area contributed by atoms with Gasteiger partial charge in [-0.3, -0.25) is 4.68 Å². The summed E-state index contributed by atoms with van der Waals surface area (Å²) in [5, 5.41) is 7.57. The second kappa shape index (κ2) is 5.31. The number of likely N-dealkylation sites (N-methyl/N-ethyl adjacent to an activating group) is 1. The molecule has 0 atom stereocenters. The van der Waals surface area contributed by atoms with Crippen LogP contribution in [0, 0.1) is 12.7 Å². The van der Waals surface area contributed by atoms with E-state index in [-0.39, 0.29) is 5.82 Å². The maximum Gasteiger partial charge on any atom is 0.126 e. The molecule has 1 heterocycles. The second-order valence-electron chi connectivity index (χ2n) is 4.48. The lowest BCUT2D eigenvalue weighted by Gasteiger charge is -2.04. The molecule has 0 bridgehead atoms. The summed E-state index contributed by atoms with van der Waals surface area (Å²) in [6.07, 6.45) is 2.85. The van der Waals surface area contributed by atoms with Gasteiger partial charge in [0.05, 0.1) is 5.69 Å². The standard InChI is InChI=1S/C14H18FN3/c1-10-8-11(4-5-13(10)15)12-9-18(3)17-14(12)6-7-16-2/h4-5,8-9,16H,6-7H2,1-3H3. The van der Waals surface area contributed by atoms with E-state index < -0.39 is 0 Å². The highest BCUT2D eigenvalue weighted by molar-refractivity contribution is 5.66. The molecule has 0 saturated heterocycles. The van der Waals surface area contributed by atoms with Crippen LogP contribution in [-0.2, 0) is 13.5 Å². The Bertz CT molecular complexity index is 546. The molecule has 0 aliphatic rings. The molecule has 0 aliphatic carbocycles. The van der Waals surface area contributed by atoms with Gasteiger partial charge >= 0.3 is 0 Å². The molecule has 0 unspecified atom stereocenters. The minimum atomic E-state index is -0.167. The first kappa shape index (κ1) is 12.8. The van der Waals surface area contributed by atoms with E-state index in [2.05, 4.69) is 10.4 Å². The minimum absolute atomic E-state index is 0.167. The summed E-state index contributed by atoms with van der Waals surface area (Å²) in [4.78, 5) is 0. The molecule has 0 fully saturated rings. The fourth-order valence-electron chi connectivity index (χ4n) is 2.02. The number of aromatic nitrogens is 2. The van der Waals surface area contributed by atoms with Crippen molar-refractivity contribution in [1.29, 1.82) is 0 Å². The van der Waals surface area contributed by atoms with Crippen molar-refractivity contribution in [2.75, 3.05) is 13.6 Å². The van der Waals surface area contributed by atoms with Gasteiger partial charge in [-0.1, -0.05) is 6.07 Å². The van der Waals surface area contributed by atoms with Crippen molar-refractivity contribution in [2.24, 2.45) is 7.05 Å². The number of nitrogens with zero attached hydrogens (tertiary/aromatic N) is 2. The first-order chi connectivity index (χ1) is 8.61. The summed E-state index contributed by atoms with van der Waals surface area (Å²) in [6, 6.07) is 5.19. The van der Waals surface area contributed by atoms with Gasteiger partial charge in [-0.2, -0.15) is 5.10 Å². The maximum absolute atomic E-state index is 13.3. The quantitative estimate of drug-likeness (QED) is 0.898. The van der Waals surface area contributed by atoms with Crippen molar-refractivity contribution >= 4 is 0 Å². The Hall–Kier alpha value is -1.68. The van der Waals surface area contributed by atoms with Crippen LogP contribution in [0.4, 0.5) is 4.39 Å². The SMILES string of the molecule is CNCCc1nn(C)cc1-c1ccc(F)c(C)c1. The zero-order valence-electron chi connectivity index (χ0n) is 11.0. The van der Waals surface area contributed by atoms with E-state index in [1.807, 2.05) is 32.4 Å². The molecule has 2 rings (SSSR count). The van der Waals surface area contributed by atoms with E-state index in [4.69, 9.17) is 0 Å². The number of nitrogens with one attached hydrogen (secondary N) is 1. The third-order valence-corrected chi connectivity index (χ3v) is 2.99. The molecule has 3 nitrogen and oxygen atoms in total. The first-order valence-corrected chi connectivity index (χ1v) is 6.05. The molecule has 0 spiro atoms. The summed E-state index contributed by atoms with van der Waals surface area (Å²) < 4.78 is 15.1. The van der Waals surface area contributed by atoms with E-state index in [9.17, 15) is 4.39 Å². The van der Waals surface area contributed by atoms with Crippen molar-refractivity contribution in [2.45, 2.75) is 13.3 Å².